The quantitative estimate of drug-likeness (QED) is 0.649. The second-order valence-corrected chi connectivity index (χ2v) is 5.95. The summed E-state index contributed by atoms with van der Waals surface area (Å²) in [5, 5.41) is 6.16. The van der Waals surface area contributed by atoms with E-state index < -0.39 is 9.84 Å². The maximum Gasteiger partial charge on any atom is 0.272 e. The minimum Gasteiger partial charge on any atom is -0.382 e. The lowest BCUT2D eigenvalue weighted by atomic mass is 10.3. The molecule has 8 heteroatoms. The zero-order valence-corrected chi connectivity index (χ0v) is 9.33. The van der Waals surface area contributed by atoms with E-state index in [1.807, 2.05) is 0 Å². The molecule has 0 saturated carbocycles. The van der Waals surface area contributed by atoms with Crippen LogP contribution in [0.25, 0.3) is 0 Å². The van der Waals surface area contributed by atoms with E-state index in [1.165, 1.54) is 11.0 Å². The van der Waals surface area contributed by atoms with Gasteiger partial charge in [0.05, 0.1) is 11.5 Å². The molecule has 2 heterocycles. The van der Waals surface area contributed by atoms with Crippen LogP contribution in [0.1, 0.15) is 10.5 Å². The highest BCUT2D eigenvalue weighted by molar-refractivity contribution is 7.91. The minimum absolute atomic E-state index is 0.0162. The Labute approximate surface area is 92.5 Å². The number of hydrogen-bond donors (Lipinski definition) is 2. The SMILES string of the molecule is Nc1cc(C(=O)N2CCS(=O)(=O)CC2)[nH]n1. The summed E-state index contributed by atoms with van der Waals surface area (Å²) in [5.41, 5.74) is 5.67. The smallest absolute Gasteiger partial charge is 0.272 e. The molecule has 1 fully saturated rings. The lowest BCUT2D eigenvalue weighted by Gasteiger charge is -2.25. The van der Waals surface area contributed by atoms with E-state index in [0.29, 0.717) is 0 Å². The van der Waals surface area contributed by atoms with Crippen LogP contribution in [0.5, 0.6) is 0 Å². The first-order valence-corrected chi connectivity index (χ1v) is 6.61. The third-order valence-electron chi connectivity index (χ3n) is 2.46. The molecular formula is C8H12N4O3S. The van der Waals surface area contributed by atoms with Gasteiger partial charge in [0.15, 0.2) is 9.84 Å². The van der Waals surface area contributed by atoms with Gasteiger partial charge in [-0.2, -0.15) is 5.10 Å². The fraction of sp³-hybridized carbons (Fsp3) is 0.500. The highest BCUT2D eigenvalue weighted by Gasteiger charge is 2.26. The van der Waals surface area contributed by atoms with E-state index in [4.69, 9.17) is 5.73 Å². The van der Waals surface area contributed by atoms with Crippen molar-refractivity contribution in [3.05, 3.63) is 11.8 Å². The number of nitrogen functional groups attached to an aromatic ring is 1. The zero-order chi connectivity index (χ0) is 11.8. The van der Waals surface area contributed by atoms with Gasteiger partial charge in [0.1, 0.15) is 11.5 Å². The summed E-state index contributed by atoms with van der Waals surface area (Å²) in [7, 11) is -2.97. The number of anilines is 1. The molecule has 1 aromatic heterocycles. The summed E-state index contributed by atoms with van der Waals surface area (Å²) in [6.07, 6.45) is 0. The number of H-pyrrole nitrogens is 1. The van der Waals surface area contributed by atoms with Gasteiger partial charge >= 0.3 is 0 Å². The molecule has 1 amide bonds. The predicted molar refractivity (Wildman–Crippen MR) is 57.6 cm³/mol. The van der Waals surface area contributed by atoms with E-state index in [0.717, 1.165) is 0 Å². The number of hydrogen-bond acceptors (Lipinski definition) is 5. The number of nitrogens with one attached hydrogen (secondary N) is 1. The third kappa shape index (κ3) is 2.16. The van der Waals surface area contributed by atoms with Gasteiger partial charge < -0.3 is 10.6 Å². The highest BCUT2D eigenvalue weighted by Crippen LogP contribution is 2.09. The van der Waals surface area contributed by atoms with Crippen molar-refractivity contribution in [3.63, 3.8) is 0 Å². The molecule has 1 saturated heterocycles. The number of sulfone groups is 1. The number of amides is 1. The summed E-state index contributed by atoms with van der Waals surface area (Å²) in [6.45, 7) is 0.445. The summed E-state index contributed by atoms with van der Waals surface area (Å²) in [4.78, 5) is 13.3. The average Bonchev–Trinajstić information content (AvgIpc) is 2.64. The second kappa shape index (κ2) is 3.78. The largest absolute Gasteiger partial charge is 0.382 e. The van der Waals surface area contributed by atoms with Gasteiger partial charge in [-0.15, -0.1) is 0 Å². The van der Waals surface area contributed by atoms with E-state index in [1.54, 1.807) is 0 Å². The van der Waals surface area contributed by atoms with Gasteiger partial charge in [0.25, 0.3) is 5.91 Å². The number of carbonyl (C=O) groups excluding carboxylic acids is 1. The maximum absolute atomic E-state index is 11.8. The van der Waals surface area contributed by atoms with Crippen LogP contribution < -0.4 is 5.73 Å². The van der Waals surface area contributed by atoms with Crippen LogP contribution in [-0.2, 0) is 9.84 Å². The lowest BCUT2D eigenvalue weighted by Crippen LogP contribution is -2.43. The summed E-state index contributed by atoms with van der Waals surface area (Å²) < 4.78 is 22.4. The molecule has 3 N–H and O–H groups in total. The molecule has 0 radical (unpaired) electrons. The van der Waals surface area contributed by atoms with E-state index in [-0.39, 0.29) is 42.0 Å². The van der Waals surface area contributed by atoms with Gasteiger partial charge in [-0.25, -0.2) is 8.42 Å². The number of rotatable bonds is 1. The van der Waals surface area contributed by atoms with Crippen molar-refractivity contribution >= 4 is 21.6 Å². The zero-order valence-electron chi connectivity index (χ0n) is 8.51. The Hall–Kier alpha value is -1.57. The van der Waals surface area contributed by atoms with Gasteiger partial charge in [-0.1, -0.05) is 0 Å². The fourth-order valence-electron chi connectivity index (χ4n) is 1.53. The molecule has 0 bridgehead atoms. The van der Waals surface area contributed by atoms with Crippen molar-refractivity contribution < 1.29 is 13.2 Å². The van der Waals surface area contributed by atoms with E-state index in [2.05, 4.69) is 10.2 Å². The number of carbonyl (C=O) groups is 1. The van der Waals surface area contributed by atoms with Crippen LogP contribution >= 0.6 is 0 Å². The molecule has 7 nitrogen and oxygen atoms in total. The number of aromatic amines is 1. The predicted octanol–water partition coefficient (Wildman–Crippen LogP) is -1.14. The monoisotopic (exact) mass is 244 g/mol. The Kier molecular flexibility index (Phi) is 2.58. The average molecular weight is 244 g/mol. The first-order valence-electron chi connectivity index (χ1n) is 4.78. The second-order valence-electron chi connectivity index (χ2n) is 3.65. The first-order chi connectivity index (χ1) is 7.48. The molecule has 0 atom stereocenters. The van der Waals surface area contributed by atoms with E-state index in [9.17, 15) is 13.2 Å². The van der Waals surface area contributed by atoms with Gasteiger partial charge in [0, 0.05) is 19.2 Å². The number of nitrogens with zero attached hydrogens (tertiary/aromatic N) is 2. The fourth-order valence-corrected chi connectivity index (χ4v) is 2.73. The Morgan fingerprint density at radius 1 is 1.44 bits per heavy atom. The summed E-state index contributed by atoms with van der Waals surface area (Å²) in [5.74, 6) is 0.0112. The van der Waals surface area contributed by atoms with Crippen LogP contribution in [0.15, 0.2) is 6.07 Å². The van der Waals surface area contributed by atoms with E-state index >= 15 is 0 Å². The molecule has 1 aliphatic rings. The summed E-state index contributed by atoms with van der Waals surface area (Å²) in [6, 6.07) is 1.44. The molecule has 1 aromatic rings. The van der Waals surface area contributed by atoms with Crippen molar-refractivity contribution in [3.8, 4) is 0 Å². The van der Waals surface area contributed by atoms with Crippen LogP contribution in [0, 0.1) is 0 Å². The topological polar surface area (TPSA) is 109 Å². The van der Waals surface area contributed by atoms with Crippen molar-refractivity contribution in [1.29, 1.82) is 0 Å². The minimum atomic E-state index is -2.97. The molecule has 0 aromatic carbocycles. The van der Waals surface area contributed by atoms with Crippen molar-refractivity contribution in [2.75, 3.05) is 30.3 Å². The van der Waals surface area contributed by atoms with Crippen LogP contribution in [-0.4, -0.2) is 54.0 Å². The standard InChI is InChI=1S/C8H12N4O3S/c9-7-5-6(10-11-7)8(13)12-1-3-16(14,15)4-2-12/h5H,1-4H2,(H3,9,10,11). The number of nitrogens with two attached hydrogens (primary N) is 1. The van der Waals surface area contributed by atoms with Crippen molar-refractivity contribution in [2.45, 2.75) is 0 Å². The third-order valence-corrected chi connectivity index (χ3v) is 4.07. The molecule has 0 unspecified atom stereocenters. The Morgan fingerprint density at radius 2 is 2.06 bits per heavy atom. The first kappa shape index (κ1) is 10.9. The highest BCUT2D eigenvalue weighted by atomic mass is 32.2. The van der Waals surface area contributed by atoms with Crippen molar-refractivity contribution in [1.82, 2.24) is 15.1 Å². The van der Waals surface area contributed by atoms with Crippen molar-refractivity contribution in [2.24, 2.45) is 0 Å². The van der Waals surface area contributed by atoms with Gasteiger partial charge in [0.2, 0.25) is 0 Å². The van der Waals surface area contributed by atoms with Crippen LogP contribution in [0.4, 0.5) is 5.82 Å². The Bertz CT molecular complexity index is 493. The van der Waals surface area contributed by atoms with Crippen LogP contribution in [0.3, 0.4) is 0 Å². The molecule has 0 spiro atoms. The Morgan fingerprint density at radius 3 is 2.56 bits per heavy atom. The summed E-state index contributed by atoms with van der Waals surface area (Å²) >= 11 is 0. The van der Waals surface area contributed by atoms with Gasteiger partial charge in [-0.3, -0.25) is 9.89 Å². The maximum atomic E-state index is 11.8. The molecule has 1 aliphatic heterocycles. The molecule has 88 valence electrons. The molecule has 16 heavy (non-hydrogen) atoms. The molecular weight excluding hydrogens is 232 g/mol. The van der Waals surface area contributed by atoms with Gasteiger partial charge in [-0.05, 0) is 0 Å². The Balaban J connectivity index is 2.07. The normalized spacial score (nSPS) is 19.6. The molecule has 0 aliphatic carbocycles. The van der Waals surface area contributed by atoms with Crippen LogP contribution in [0.2, 0.25) is 0 Å². The lowest BCUT2D eigenvalue weighted by molar-refractivity contribution is 0.0764. The molecule has 2 rings (SSSR count). The number of aromatic nitrogens is 2.